The molecule has 0 aromatic carbocycles. The van der Waals surface area contributed by atoms with Gasteiger partial charge in [-0.3, -0.25) is 0 Å². The van der Waals surface area contributed by atoms with E-state index in [0.29, 0.717) is 39.7 Å². The fourth-order valence-corrected chi connectivity index (χ4v) is 17.1. The van der Waals surface area contributed by atoms with Crippen molar-refractivity contribution in [3.8, 4) is 0 Å². The van der Waals surface area contributed by atoms with Crippen LogP contribution in [-0.4, -0.2) is 46.3 Å². The third-order valence-electron chi connectivity index (χ3n) is 7.34. The highest BCUT2D eigenvalue weighted by Gasteiger charge is 2.47. The van der Waals surface area contributed by atoms with Crippen LogP contribution in [0.25, 0.3) is 0 Å². The second kappa shape index (κ2) is 15.7. The Labute approximate surface area is 209 Å². The van der Waals surface area contributed by atoms with Gasteiger partial charge >= 0.3 is 0 Å². The maximum Gasteiger partial charge on any atom is 0.201 e. The zero-order valence-corrected chi connectivity index (χ0v) is 26.4. The summed E-state index contributed by atoms with van der Waals surface area (Å²) in [4.78, 5) is 10.7. The Morgan fingerprint density at radius 1 is 0.667 bits per heavy atom. The molecule has 0 radical (unpaired) electrons. The lowest BCUT2D eigenvalue weighted by atomic mass is 10.2. The average Bonchev–Trinajstić information content (AvgIpc) is 2.68. The van der Waals surface area contributed by atoms with Crippen molar-refractivity contribution in [2.24, 2.45) is 0 Å². The third kappa shape index (κ3) is 9.36. The highest BCUT2D eigenvalue weighted by molar-refractivity contribution is 6.78. The lowest BCUT2D eigenvalue weighted by Gasteiger charge is -2.44. The van der Waals surface area contributed by atoms with Crippen molar-refractivity contribution >= 4 is 22.9 Å². The molecule has 0 amide bonds. The summed E-state index contributed by atoms with van der Waals surface area (Å²) in [6.45, 7) is 34.5. The molecule has 1 N–H and O–H groups in total. The summed E-state index contributed by atoms with van der Waals surface area (Å²) in [5.74, 6) is 0. The van der Waals surface area contributed by atoms with Crippen LogP contribution in [-0.2, 0) is 13.6 Å². The topological polar surface area (TPSA) is 55.8 Å². The minimum atomic E-state index is -1.88. The monoisotopic (exact) mass is 502 g/mol. The zero-order chi connectivity index (χ0) is 26.7. The van der Waals surface area contributed by atoms with Gasteiger partial charge in [0, 0.05) is 0 Å². The first-order chi connectivity index (χ1) is 15.0. The predicted molar refractivity (Wildman–Crippen MR) is 150 cm³/mol. The normalized spacial score (nSPS) is 15.8. The van der Waals surface area contributed by atoms with Gasteiger partial charge in [0.2, 0.25) is 16.6 Å². The number of aliphatic hydroxyl groups excluding tert-OH is 1. The number of aldehydes is 1. The van der Waals surface area contributed by atoms with Crippen molar-refractivity contribution in [3.63, 3.8) is 0 Å². The number of carbonyl (C=O) groups is 1. The molecule has 0 spiro atoms. The number of hydrogen-bond donors (Lipinski definition) is 1. The molecule has 0 aromatic heterocycles. The van der Waals surface area contributed by atoms with Crippen molar-refractivity contribution in [1.29, 1.82) is 0 Å². The Morgan fingerprint density at radius 2 is 0.970 bits per heavy atom. The van der Waals surface area contributed by atoms with E-state index < -0.39 is 22.7 Å². The second-order valence-corrected chi connectivity index (χ2v) is 22.3. The SMILES string of the molecule is C=CCC(O)[C@H](C)O[Si](C(C)C)(C(C)C)C(C)C.CC(C)[Si](O[C@@H](C)C=O)(C(C)C)C(C)C. The number of aliphatic hydroxyl groups is 1. The van der Waals surface area contributed by atoms with Crippen LogP contribution in [0.4, 0.5) is 0 Å². The first-order valence-electron chi connectivity index (χ1n) is 13.1. The molecule has 0 rings (SSSR count). The second-order valence-electron chi connectivity index (χ2n) is 11.5. The van der Waals surface area contributed by atoms with E-state index in [2.05, 4.69) is 89.7 Å². The van der Waals surface area contributed by atoms with Crippen LogP contribution < -0.4 is 0 Å². The molecular weight excluding hydrogens is 444 g/mol. The third-order valence-corrected chi connectivity index (χ3v) is 19.7. The van der Waals surface area contributed by atoms with Crippen LogP contribution >= 0.6 is 0 Å². The van der Waals surface area contributed by atoms with Crippen LogP contribution in [0, 0.1) is 0 Å². The molecule has 6 heteroatoms. The van der Waals surface area contributed by atoms with Crippen molar-refractivity contribution in [2.45, 2.75) is 155 Å². The van der Waals surface area contributed by atoms with Gasteiger partial charge in [0.15, 0.2) is 0 Å². The Kier molecular flexibility index (Phi) is 16.6. The first-order valence-corrected chi connectivity index (χ1v) is 17.4. The molecule has 0 saturated carbocycles. The molecular formula is C27H58O4Si2. The lowest BCUT2D eigenvalue weighted by Crippen LogP contribution is -2.51. The molecule has 3 atom stereocenters. The molecule has 4 nitrogen and oxygen atoms in total. The molecule has 0 aliphatic rings. The number of hydrogen-bond acceptors (Lipinski definition) is 4. The molecule has 198 valence electrons. The van der Waals surface area contributed by atoms with Gasteiger partial charge < -0.3 is 18.8 Å². The van der Waals surface area contributed by atoms with E-state index in [9.17, 15) is 9.90 Å². The van der Waals surface area contributed by atoms with Gasteiger partial charge in [-0.05, 0) is 53.5 Å². The van der Waals surface area contributed by atoms with E-state index in [1.165, 1.54) is 0 Å². The molecule has 0 bridgehead atoms. The summed E-state index contributed by atoms with van der Waals surface area (Å²) < 4.78 is 12.6. The van der Waals surface area contributed by atoms with Gasteiger partial charge in [0.05, 0.1) is 18.3 Å². The summed E-state index contributed by atoms with van der Waals surface area (Å²) >= 11 is 0. The number of rotatable bonds is 14. The highest BCUT2D eigenvalue weighted by Crippen LogP contribution is 2.44. The van der Waals surface area contributed by atoms with E-state index in [1.807, 2.05) is 13.8 Å². The van der Waals surface area contributed by atoms with Crippen LogP contribution in [0.5, 0.6) is 0 Å². The quantitative estimate of drug-likeness (QED) is 0.147. The molecule has 0 fully saturated rings. The van der Waals surface area contributed by atoms with E-state index in [1.54, 1.807) is 6.08 Å². The summed E-state index contributed by atoms with van der Waals surface area (Å²) in [6.07, 6.45) is 2.46. The summed E-state index contributed by atoms with van der Waals surface area (Å²) in [5.41, 5.74) is 3.28. The lowest BCUT2D eigenvalue weighted by molar-refractivity contribution is -0.113. The Balaban J connectivity index is 0. The molecule has 0 saturated heterocycles. The van der Waals surface area contributed by atoms with Gasteiger partial charge in [0.25, 0.3) is 0 Å². The summed E-state index contributed by atoms with van der Waals surface area (Å²) in [6, 6.07) is 0. The molecule has 0 aliphatic heterocycles. The van der Waals surface area contributed by atoms with Gasteiger partial charge in [-0.2, -0.15) is 0 Å². The first kappa shape index (κ1) is 34.9. The maximum atomic E-state index is 10.7. The molecule has 1 unspecified atom stereocenters. The Morgan fingerprint density at radius 3 is 1.21 bits per heavy atom. The summed E-state index contributed by atoms with van der Waals surface area (Å²) in [7, 11) is -3.72. The molecule has 33 heavy (non-hydrogen) atoms. The van der Waals surface area contributed by atoms with Crippen molar-refractivity contribution in [3.05, 3.63) is 12.7 Å². The minimum Gasteiger partial charge on any atom is -0.411 e. The Hall–Kier alpha value is -0.276. The standard InChI is InChI=1S/C15H32O2Si.C12H26O2Si/c1-9-10-15(16)14(8)17-18(11(2)3,12(4)5)13(6)7;1-9(2)15(10(3)4,11(5)6)14-12(7)8-13/h9,11-16H,1,10H2,2-8H3;8-12H,1-7H3/t14-,15?;12-/m00/s1. The van der Waals surface area contributed by atoms with Gasteiger partial charge in [-0.25, -0.2) is 0 Å². The van der Waals surface area contributed by atoms with E-state index in [-0.39, 0.29) is 12.2 Å². The minimum absolute atomic E-state index is 0.109. The summed E-state index contributed by atoms with van der Waals surface area (Å²) in [5, 5.41) is 10.1. The average molecular weight is 503 g/mol. The van der Waals surface area contributed by atoms with Crippen LogP contribution in [0.3, 0.4) is 0 Å². The van der Waals surface area contributed by atoms with E-state index in [4.69, 9.17) is 8.85 Å². The smallest absolute Gasteiger partial charge is 0.201 e. The van der Waals surface area contributed by atoms with E-state index in [0.717, 1.165) is 6.29 Å². The molecule has 0 aliphatic carbocycles. The van der Waals surface area contributed by atoms with Crippen LogP contribution in [0.2, 0.25) is 33.2 Å². The fourth-order valence-electron chi connectivity index (χ4n) is 5.93. The maximum absolute atomic E-state index is 10.7. The molecule has 0 aromatic rings. The van der Waals surface area contributed by atoms with E-state index >= 15 is 0 Å². The predicted octanol–water partition coefficient (Wildman–Crippen LogP) is 8.27. The van der Waals surface area contributed by atoms with Crippen LogP contribution in [0.1, 0.15) is 103 Å². The van der Waals surface area contributed by atoms with Crippen molar-refractivity contribution in [1.82, 2.24) is 0 Å². The van der Waals surface area contributed by atoms with Gasteiger partial charge in [-0.1, -0.05) is 89.2 Å². The van der Waals surface area contributed by atoms with Crippen molar-refractivity contribution < 1.29 is 18.8 Å². The highest BCUT2D eigenvalue weighted by atomic mass is 28.4. The molecule has 0 heterocycles. The van der Waals surface area contributed by atoms with Crippen molar-refractivity contribution in [2.75, 3.05) is 0 Å². The largest absolute Gasteiger partial charge is 0.411 e. The van der Waals surface area contributed by atoms with Crippen LogP contribution in [0.15, 0.2) is 12.7 Å². The van der Waals surface area contributed by atoms with Gasteiger partial charge in [-0.15, -0.1) is 6.58 Å². The number of carbonyl (C=O) groups excluding carboxylic acids is 1. The fraction of sp³-hybridized carbons (Fsp3) is 0.889. The van der Waals surface area contributed by atoms with Gasteiger partial charge in [0.1, 0.15) is 6.29 Å². The Bertz CT molecular complexity index is 501. The zero-order valence-electron chi connectivity index (χ0n) is 24.4.